The summed E-state index contributed by atoms with van der Waals surface area (Å²) in [4.78, 5) is 4.23. The number of nitrogens with one attached hydrogen (secondary N) is 1. The van der Waals surface area contributed by atoms with E-state index in [1.165, 1.54) is 5.56 Å². The van der Waals surface area contributed by atoms with Gasteiger partial charge < -0.3 is 11.1 Å². The van der Waals surface area contributed by atoms with Gasteiger partial charge in [0, 0.05) is 11.0 Å². The first-order valence-electron chi connectivity index (χ1n) is 5.36. The van der Waals surface area contributed by atoms with Crippen LogP contribution >= 0.6 is 15.9 Å². The van der Waals surface area contributed by atoms with E-state index in [9.17, 15) is 0 Å². The van der Waals surface area contributed by atoms with Gasteiger partial charge in [-0.3, -0.25) is 0 Å². The molecule has 1 heterocycles. The van der Waals surface area contributed by atoms with Gasteiger partial charge in [0.15, 0.2) is 0 Å². The van der Waals surface area contributed by atoms with Crippen LogP contribution in [0.1, 0.15) is 11.1 Å². The number of rotatable bonds is 3. The molecule has 1 aromatic heterocycles. The van der Waals surface area contributed by atoms with Crippen LogP contribution in [-0.2, 0) is 6.54 Å². The molecule has 2 rings (SSSR count). The number of aryl methyl sites for hydroxylation is 1. The molecule has 1 aromatic carbocycles. The molecule has 17 heavy (non-hydrogen) atoms. The fourth-order valence-corrected chi connectivity index (χ4v) is 1.92. The van der Waals surface area contributed by atoms with Gasteiger partial charge in [-0.25, -0.2) is 4.98 Å². The van der Waals surface area contributed by atoms with Gasteiger partial charge >= 0.3 is 0 Å². The van der Waals surface area contributed by atoms with Gasteiger partial charge in [0.2, 0.25) is 0 Å². The second kappa shape index (κ2) is 5.19. The Bertz CT molecular complexity index is 526. The standard InChI is InChI=1S/C13H14BrN3/c1-9-6-13(17-8-12(9)15)16-7-10-4-2-3-5-11(10)14/h2-6,8H,7,15H2,1H3,(H,16,17). The second-order valence-corrected chi connectivity index (χ2v) is 4.73. The Balaban J connectivity index is 2.08. The molecule has 0 aliphatic rings. The van der Waals surface area contributed by atoms with Crippen LogP contribution in [-0.4, -0.2) is 4.98 Å². The molecule has 3 N–H and O–H groups in total. The molecule has 0 spiro atoms. The number of nitrogen functional groups attached to an aromatic ring is 1. The van der Waals surface area contributed by atoms with Gasteiger partial charge in [0.05, 0.1) is 11.9 Å². The molecule has 0 saturated carbocycles. The van der Waals surface area contributed by atoms with Gasteiger partial charge in [-0.1, -0.05) is 34.1 Å². The molecule has 0 aliphatic carbocycles. The summed E-state index contributed by atoms with van der Waals surface area (Å²) in [5.41, 5.74) is 8.68. The molecule has 0 saturated heterocycles. The summed E-state index contributed by atoms with van der Waals surface area (Å²) in [7, 11) is 0. The third-order valence-electron chi connectivity index (χ3n) is 2.57. The van der Waals surface area contributed by atoms with E-state index in [2.05, 4.69) is 32.3 Å². The first kappa shape index (κ1) is 11.9. The Kier molecular flexibility index (Phi) is 3.64. The molecule has 3 nitrogen and oxygen atoms in total. The summed E-state index contributed by atoms with van der Waals surface area (Å²) in [6.07, 6.45) is 1.68. The minimum absolute atomic E-state index is 0.719. The number of nitrogens with two attached hydrogens (primary N) is 1. The number of pyridine rings is 1. The zero-order chi connectivity index (χ0) is 12.3. The molecule has 4 heteroatoms. The number of halogens is 1. The molecule has 0 aliphatic heterocycles. The van der Waals surface area contributed by atoms with Crippen LogP contribution in [0.5, 0.6) is 0 Å². The summed E-state index contributed by atoms with van der Waals surface area (Å²) in [6.45, 7) is 2.71. The zero-order valence-corrected chi connectivity index (χ0v) is 11.2. The smallest absolute Gasteiger partial charge is 0.126 e. The molecule has 88 valence electrons. The molecule has 0 fully saturated rings. The van der Waals surface area contributed by atoms with Crippen LogP contribution in [0.2, 0.25) is 0 Å². The maximum Gasteiger partial charge on any atom is 0.126 e. The second-order valence-electron chi connectivity index (χ2n) is 3.87. The fraction of sp³-hybridized carbons (Fsp3) is 0.154. The Morgan fingerprint density at radius 2 is 2.12 bits per heavy atom. The number of anilines is 2. The predicted octanol–water partition coefficient (Wildman–Crippen LogP) is 3.35. The van der Waals surface area contributed by atoms with Gasteiger partial charge in [0.25, 0.3) is 0 Å². The van der Waals surface area contributed by atoms with E-state index in [-0.39, 0.29) is 0 Å². The lowest BCUT2D eigenvalue weighted by atomic mass is 10.2. The average Bonchev–Trinajstić information content (AvgIpc) is 2.32. The summed E-state index contributed by atoms with van der Waals surface area (Å²) in [5.74, 6) is 0.840. The molecule has 0 atom stereocenters. The molecule has 2 aromatic rings. The Hall–Kier alpha value is -1.55. The number of hydrogen-bond donors (Lipinski definition) is 2. The third kappa shape index (κ3) is 2.97. The highest BCUT2D eigenvalue weighted by Crippen LogP contribution is 2.18. The Labute approximate surface area is 109 Å². The summed E-state index contributed by atoms with van der Waals surface area (Å²) in [6, 6.07) is 10.1. The average molecular weight is 292 g/mol. The van der Waals surface area contributed by atoms with Crippen molar-refractivity contribution in [3.63, 3.8) is 0 Å². The number of hydrogen-bond acceptors (Lipinski definition) is 3. The predicted molar refractivity (Wildman–Crippen MR) is 74.9 cm³/mol. The van der Waals surface area contributed by atoms with Crippen molar-refractivity contribution >= 4 is 27.4 Å². The lowest BCUT2D eigenvalue weighted by Crippen LogP contribution is -2.03. The number of nitrogens with zero attached hydrogens (tertiary/aromatic N) is 1. The first-order chi connectivity index (χ1) is 8.16. The topological polar surface area (TPSA) is 50.9 Å². The monoisotopic (exact) mass is 291 g/mol. The van der Waals surface area contributed by atoms with Crippen LogP contribution in [0.3, 0.4) is 0 Å². The SMILES string of the molecule is Cc1cc(NCc2ccccc2Br)ncc1N. The molecular weight excluding hydrogens is 278 g/mol. The quantitative estimate of drug-likeness (QED) is 0.912. The van der Waals surface area contributed by atoms with E-state index < -0.39 is 0 Å². The first-order valence-corrected chi connectivity index (χ1v) is 6.15. The van der Waals surface area contributed by atoms with Crippen LogP contribution in [0, 0.1) is 6.92 Å². The van der Waals surface area contributed by atoms with Crippen molar-refractivity contribution in [1.82, 2.24) is 4.98 Å². The van der Waals surface area contributed by atoms with Crippen LogP contribution in [0.25, 0.3) is 0 Å². The maximum atomic E-state index is 5.72. The highest BCUT2D eigenvalue weighted by atomic mass is 79.9. The third-order valence-corrected chi connectivity index (χ3v) is 3.34. The Morgan fingerprint density at radius 1 is 1.35 bits per heavy atom. The van der Waals surface area contributed by atoms with Crippen molar-refractivity contribution in [2.75, 3.05) is 11.1 Å². The summed E-state index contributed by atoms with van der Waals surface area (Å²) in [5, 5.41) is 3.27. The van der Waals surface area contributed by atoms with E-state index in [1.807, 2.05) is 31.2 Å². The highest BCUT2D eigenvalue weighted by molar-refractivity contribution is 9.10. The summed E-state index contributed by atoms with van der Waals surface area (Å²) < 4.78 is 1.10. The van der Waals surface area contributed by atoms with E-state index in [0.29, 0.717) is 0 Å². The van der Waals surface area contributed by atoms with Crippen molar-refractivity contribution in [3.05, 3.63) is 52.1 Å². The van der Waals surface area contributed by atoms with E-state index >= 15 is 0 Å². The fourth-order valence-electron chi connectivity index (χ4n) is 1.49. The molecule has 0 bridgehead atoms. The van der Waals surface area contributed by atoms with Gasteiger partial charge in [-0.15, -0.1) is 0 Å². The van der Waals surface area contributed by atoms with Crippen LogP contribution in [0.15, 0.2) is 41.0 Å². The Morgan fingerprint density at radius 3 is 2.82 bits per heavy atom. The van der Waals surface area contributed by atoms with Gasteiger partial charge in [0.1, 0.15) is 5.82 Å². The van der Waals surface area contributed by atoms with Crippen molar-refractivity contribution in [2.24, 2.45) is 0 Å². The van der Waals surface area contributed by atoms with E-state index in [0.717, 1.165) is 28.1 Å². The lowest BCUT2D eigenvalue weighted by molar-refractivity contribution is 1.10. The van der Waals surface area contributed by atoms with Gasteiger partial charge in [-0.05, 0) is 30.2 Å². The van der Waals surface area contributed by atoms with Crippen molar-refractivity contribution in [3.8, 4) is 0 Å². The lowest BCUT2D eigenvalue weighted by Gasteiger charge is -2.08. The molecule has 0 radical (unpaired) electrons. The number of benzene rings is 1. The molecule has 0 unspecified atom stereocenters. The van der Waals surface area contributed by atoms with Crippen molar-refractivity contribution in [2.45, 2.75) is 13.5 Å². The van der Waals surface area contributed by atoms with Gasteiger partial charge in [-0.2, -0.15) is 0 Å². The normalized spacial score (nSPS) is 10.2. The highest BCUT2D eigenvalue weighted by Gasteiger charge is 2.00. The van der Waals surface area contributed by atoms with Crippen LogP contribution < -0.4 is 11.1 Å². The molecular formula is C13H14BrN3. The maximum absolute atomic E-state index is 5.72. The summed E-state index contributed by atoms with van der Waals surface area (Å²) >= 11 is 3.52. The largest absolute Gasteiger partial charge is 0.397 e. The van der Waals surface area contributed by atoms with E-state index in [1.54, 1.807) is 6.20 Å². The van der Waals surface area contributed by atoms with E-state index in [4.69, 9.17) is 5.73 Å². The minimum Gasteiger partial charge on any atom is -0.397 e. The number of aromatic nitrogens is 1. The molecule has 0 amide bonds. The zero-order valence-electron chi connectivity index (χ0n) is 9.57. The van der Waals surface area contributed by atoms with Crippen molar-refractivity contribution < 1.29 is 0 Å². The minimum atomic E-state index is 0.719. The van der Waals surface area contributed by atoms with Crippen LogP contribution in [0.4, 0.5) is 11.5 Å². The van der Waals surface area contributed by atoms with Crippen molar-refractivity contribution in [1.29, 1.82) is 0 Å².